The van der Waals surface area contributed by atoms with Crippen molar-refractivity contribution in [1.29, 1.82) is 0 Å². The Balaban J connectivity index is 1.84. The summed E-state index contributed by atoms with van der Waals surface area (Å²) in [7, 11) is -3.27. The first-order chi connectivity index (χ1) is 11.0. The number of fused-ring (bicyclic) bond motifs is 2. The number of rotatable bonds is 1. The summed E-state index contributed by atoms with van der Waals surface area (Å²) >= 11 is 0. The molecule has 0 spiro atoms. The summed E-state index contributed by atoms with van der Waals surface area (Å²) in [6.07, 6.45) is 0. The van der Waals surface area contributed by atoms with Gasteiger partial charge in [-0.3, -0.25) is 4.57 Å². The van der Waals surface area contributed by atoms with E-state index in [2.05, 4.69) is 19.2 Å². The molecular weight excluding hydrogens is 309 g/mol. The van der Waals surface area contributed by atoms with E-state index < -0.39 is 7.60 Å². The van der Waals surface area contributed by atoms with E-state index in [1.54, 1.807) is 0 Å². The third-order valence-electron chi connectivity index (χ3n) is 4.37. The monoisotopic (exact) mass is 329 g/mol. The summed E-state index contributed by atoms with van der Waals surface area (Å²) in [5.41, 5.74) is 3.36. The molecule has 4 nitrogen and oxygen atoms in total. The van der Waals surface area contributed by atoms with Crippen molar-refractivity contribution in [2.45, 2.75) is 19.5 Å². The number of nitrogens with one attached hydrogen (secondary N) is 1. The summed E-state index contributed by atoms with van der Waals surface area (Å²) in [4.78, 5) is 0. The van der Waals surface area contributed by atoms with Crippen LogP contribution in [-0.2, 0) is 13.6 Å². The number of para-hydroxylation sites is 2. The number of anilines is 2. The van der Waals surface area contributed by atoms with Gasteiger partial charge >= 0.3 is 7.60 Å². The molecule has 2 aromatic carbocycles. The quantitative estimate of drug-likeness (QED) is 0.740. The molecular formula is C18H20NO3P. The van der Waals surface area contributed by atoms with Crippen molar-refractivity contribution < 1.29 is 13.6 Å². The summed E-state index contributed by atoms with van der Waals surface area (Å²) in [5.74, 6) is 0. The molecule has 0 saturated carbocycles. The van der Waals surface area contributed by atoms with Crippen LogP contribution >= 0.6 is 7.60 Å². The average molecular weight is 329 g/mol. The Kier molecular flexibility index (Phi) is 3.38. The van der Waals surface area contributed by atoms with Crippen LogP contribution in [0.3, 0.4) is 0 Å². The predicted molar refractivity (Wildman–Crippen MR) is 91.3 cm³/mol. The van der Waals surface area contributed by atoms with Crippen LogP contribution in [0.5, 0.6) is 0 Å². The number of benzene rings is 2. The average Bonchev–Trinajstić information content (AvgIpc) is 2.55. The second-order valence-corrected chi connectivity index (χ2v) is 9.07. The molecule has 0 aliphatic carbocycles. The second-order valence-electron chi connectivity index (χ2n) is 6.95. The van der Waals surface area contributed by atoms with Gasteiger partial charge in [0, 0.05) is 16.8 Å². The minimum Gasteiger partial charge on any atom is -0.355 e. The highest BCUT2D eigenvalue weighted by Crippen LogP contribution is 2.69. The Hall–Kier alpha value is -1.61. The fraction of sp³-hybridized carbons (Fsp3) is 0.333. The Morgan fingerprint density at radius 3 is 1.96 bits per heavy atom. The molecule has 1 fully saturated rings. The van der Waals surface area contributed by atoms with Gasteiger partial charge in [-0.05, 0) is 23.3 Å². The number of hydrogen-bond donors (Lipinski definition) is 1. The first kappa shape index (κ1) is 14.9. The third-order valence-corrected chi connectivity index (χ3v) is 6.53. The molecule has 4 rings (SSSR count). The molecule has 2 aliphatic heterocycles. The zero-order chi connectivity index (χ0) is 16.1. The maximum Gasteiger partial charge on any atom is 0.342 e. The van der Waals surface area contributed by atoms with Crippen molar-refractivity contribution in [2.24, 2.45) is 5.41 Å². The van der Waals surface area contributed by atoms with E-state index in [1.807, 2.05) is 48.5 Å². The van der Waals surface area contributed by atoms with Gasteiger partial charge in [0.25, 0.3) is 0 Å². The van der Waals surface area contributed by atoms with E-state index in [1.165, 1.54) is 0 Å². The lowest BCUT2D eigenvalue weighted by atomic mass is 9.96. The van der Waals surface area contributed by atoms with E-state index in [-0.39, 0.29) is 11.1 Å². The van der Waals surface area contributed by atoms with Gasteiger partial charge in [-0.2, -0.15) is 0 Å². The van der Waals surface area contributed by atoms with Crippen LogP contribution in [0.2, 0.25) is 0 Å². The summed E-state index contributed by atoms with van der Waals surface area (Å²) in [6, 6.07) is 15.8. The number of hydrogen-bond acceptors (Lipinski definition) is 4. The van der Waals surface area contributed by atoms with Gasteiger partial charge in [-0.15, -0.1) is 0 Å². The molecule has 0 amide bonds. The van der Waals surface area contributed by atoms with Gasteiger partial charge in [0.1, 0.15) is 5.66 Å². The van der Waals surface area contributed by atoms with Crippen LogP contribution in [0.25, 0.3) is 0 Å². The molecule has 23 heavy (non-hydrogen) atoms. The van der Waals surface area contributed by atoms with Crippen LogP contribution in [0.4, 0.5) is 11.4 Å². The highest BCUT2D eigenvalue weighted by atomic mass is 31.2. The van der Waals surface area contributed by atoms with Crippen LogP contribution in [0, 0.1) is 5.41 Å². The van der Waals surface area contributed by atoms with Crippen molar-refractivity contribution in [3.8, 4) is 0 Å². The van der Waals surface area contributed by atoms with Crippen LogP contribution in [-0.4, -0.2) is 13.2 Å². The van der Waals surface area contributed by atoms with Crippen molar-refractivity contribution >= 4 is 19.0 Å². The largest absolute Gasteiger partial charge is 0.355 e. The minimum atomic E-state index is -3.27. The lowest BCUT2D eigenvalue weighted by Gasteiger charge is -2.39. The normalized spacial score (nSPS) is 21.8. The summed E-state index contributed by atoms with van der Waals surface area (Å²) in [6.45, 7) is 5.00. The molecule has 0 unspecified atom stereocenters. The standard InChI is InChI=1S/C18H20NO3P/c1-18(2)11-21-23(20,22-12-18)17-13-7-3-5-9-15(13)19-16-10-6-4-8-14(16)17/h3-10,17,19H,11-12H2,1-2H3. The molecule has 1 N–H and O–H groups in total. The molecule has 0 radical (unpaired) electrons. The highest BCUT2D eigenvalue weighted by Gasteiger charge is 2.47. The lowest BCUT2D eigenvalue weighted by molar-refractivity contribution is 0.0391. The van der Waals surface area contributed by atoms with Crippen LogP contribution < -0.4 is 5.32 Å². The zero-order valence-corrected chi connectivity index (χ0v) is 14.2. The van der Waals surface area contributed by atoms with Gasteiger partial charge in [0.05, 0.1) is 13.2 Å². The van der Waals surface area contributed by atoms with E-state index in [0.717, 1.165) is 22.5 Å². The molecule has 120 valence electrons. The van der Waals surface area contributed by atoms with Gasteiger partial charge < -0.3 is 14.4 Å². The zero-order valence-electron chi connectivity index (χ0n) is 13.3. The SMILES string of the molecule is CC1(C)COP(=O)(C2c3ccccc3Nc3ccccc32)OC1. The Morgan fingerprint density at radius 1 is 0.957 bits per heavy atom. The fourth-order valence-electron chi connectivity index (χ4n) is 3.11. The van der Waals surface area contributed by atoms with E-state index in [0.29, 0.717) is 13.2 Å². The molecule has 0 atom stereocenters. The van der Waals surface area contributed by atoms with Crippen LogP contribution in [0.1, 0.15) is 30.6 Å². The van der Waals surface area contributed by atoms with Crippen molar-refractivity contribution in [3.05, 3.63) is 59.7 Å². The lowest BCUT2D eigenvalue weighted by Crippen LogP contribution is -2.31. The molecule has 5 heteroatoms. The van der Waals surface area contributed by atoms with Gasteiger partial charge in [0.2, 0.25) is 0 Å². The van der Waals surface area contributed by atoms with Crippen molar-refractivity contribution in [3.63, 3.8) is 0 Å². The Bertz CT molecular complexity index is 743. The van der Waals surface area contributed by atoms with E-state index in [9.17, 15) is 4.57 Å². The molecule has 2 aromatic rings. The Labute approximate surface area is 136 Å². The predicted octanol–water partition coefficient (Wildman–Crippen LogP) is 5.10. The summed E-state index contributed by atoms with van der Waals surface area (Å²) in [5, 5.41) is 3.41. The Morgan fingerprint density at radius 2 is 1.43 bits per heavy atom. The fourth-order valence-corrected chi connectivity index (χ4v) is 5.67. The maximum atomic E-state index is 13.5. The van der Waals surface area contributed by atoms with Crippen molar-refractivity contribution in [2.75, 3.05) is 18.5 Å². The second kappa shape index (κ2) is 5.20. The molecule has 2 aliphatic rings. The van der Waals surface area contributed by atoms with E-state index in [4.69, 9.17) is 9.05 Å². The van der Waals surface area contributed by atoms with Gasteiger partial charge in [0.15, 0.2) is 0 Å². The highest BCUT2D eigenvalue weighted by molar-refractivity contribution is 7.54. The van der Waals surface area contributed by atoms with E-state index >= 15 is 0 Å². The van der Waals surface area contributed by atoms with Crippen molar-refractivity contribution in [1.82, 2.24) is 0 Å². The van der Waals surface area contributed by atoms with Gasteiger partial charge in [-0.1, -0.05) is 50.2 Å². The maximum absolute atomic E-state index is 13.5. The molecule has 0 bridgehead atoms. The molecule has 2 heterocycles. The molecule has 1 saturated heterocycles. The first-order valence-corrected chi connectivity index (χ1v) is 9.43. The smallest absolute Gasteiger partial charge is 0.342 e. The summed E-state index contributed by atoms with van der Waals surface area (Å²) < 4.78 is 25.2. The molecule has 0 aromatic heterocycles. The minimum absolute atomic E-state index is 0.111. The first-order valence-electron chi connectivity index (χ1n) is 7.82. The topological polar surface area (TPSA) is 47.6 Å². The van der Waals surface area contributed by atoms with Gasteiger partial charge in [-0.25, -0.2) is 0 Å². The van der Waals surface area contributed by atoms with Crippen LogP contribution in [0.15, 0.2) is 48.5 Å². The third kappa shape index (κ3) is 2.51.